The summed E-state index contributed by atoms with van der Waals surface area (Å²) in [7, 11) is 0. The Bertz CT molecular complexity index is 618. The first-order valence-corrected chi connectivity index (χ1v) is 9.16. The van der Waals surface area contributed by atoms with Crippen LogP contribution in [-0.4, -0.2) is 28.8 Å². The van der Waals surface area contributed by atoms with Gasteiger partial charge in [-0.2, -0.15) is 0 Å². The third kappa shape index (κ3) is 3.91. The molecule has 23 heavy (non-hydrogen) atoms. The fraction of sp³-hybridized carbons (Fsp3) is 0.500. The van der Waals surface area contributed by atoms with Gasteiger partial charge in [0.1, 0.15) is 10.8 Å². The summed E-state index contributed by atoms with van der Waals surface area (Å²) in [5.74, 6) is 0.890. The first-order valence-electron chi connectivity index (χ1n) is 8.28. The number of rotatable bonds is 7. The van der Waals surface area contributed by atoms with E-state index in [4.69, 9.17) is 9.72 Å². The van der Waals surface area contributed by atoms with E-state index in [2.05, 4.69) is 10.7 Å². The van der Waals surface area contributed by atoms with Crippen molar-refractivity contribution in [3.63, 3.8) is 0 Å². The van der Waals surface area contributed by atoms with Crippen molar-refractivity contribution in [3.05, 3.63) is 35.3 Å². The fourth-order valence-corrected chi connectivity index (χ4v) is 3.93. The molecular weight excluding hydrogens is 308 g/mol. The lowest BCUT2D eigenvalue weighted by Crippen LogP contribution is -2.45. The number of nitrogens with zero attached hydrogens (tertiary/aromatic N) is 1. The number of hydrogen-bond donors (Lipinski definition) is 2. The Morgan fingerprint density at radius 3 is 2.65 bits per heavy atom. The van der Waals surface area contributed by atoms with E-state index in [-0.39, 0.29) is 12.1 Å². The highest BCUT2D eigenvalue weighted by Crippen LogP contribution is 2.30. The lowest BCUT2D eigenvalue weighted by Gasteiger charge is -2.27. The van der Waals surface area contributed by atoms with Crippen LogP contribution in [0.2, 0.25) is 0 Å². The summed E-state index contributed by atoms with van der Waals surface area (Å²) in [6, 6.07) is 8.06. The van der Waals surface area contributed by atoms with E-state index in [1.54, 1.807) is 11.3 Å². The Morgan fingerprint density at radius 1 is 1.26 bits per heavy atom. The van der Waals surface area contributed by atoms with Crippen LogP contribution in [0.4, 0.5) is 0 Å². The van der Waals surface area contributed by atoms with Gasteiger partial charge in [-0.25, -0.2) is 4.98 Å². The molecule has 2 N–H and O–H groups in total. The summed E-state index contributed by atoms with van der Waals surface area (Å²) >= 11 is 1.66. The Kier molecular flexibility index (Phi) is 5.30. The number of hydrogen-bond acceptors (Lipinski definition) is 5. The van der Waals surface area contributed by atoms with Crippen LogP contribution in [0.25, 0.3) is 10.6 Å². The van der Waals surface area contributed by atoms with Crippen LogP contribution in [0, 0.1) is 0 Å². The molecule has 1 aromatic carbocycles. The van der Waals surface area contributed by atoms with Crippen molar-refractivity contribution < 1.29 is 9.84 Å². The first-order chi connectivity index (χ1) is 11.2. The zero-order chi connectivity index (χ0) is 16.1. The van der Waals surface area contributed by atoms with Gasteiger partial charge >= 0.3 is 0 Å². The van der Waals surface area contributed by atoms with Gasteiger partial charge in [-0.05, 0) is 44.0 Å². The van der Waals surface area contributed by atoms with Crippen LogP contribution in [-0.2, 0) is 6.54 Å². The minimum absolute atomic E-state index is 0.0943. The van der Waals surface area contributed by atoms with Gasteiger partial charge in [0.25, 0.3) is 0 Å². The van der Waals surface area contributed by atoms with E-state index < -0.39 is 0 Å². The molecule has 3 rings (SSSR count). The van der Waals surface area contributed by atoms with Crippen LogP contribution >= 0.6 is 11.3 Å². The van der Waals surface area contributed by atoms with Gasteiger partial charge in [-0.1, -0.05) is 12.8 Å². The van der Waals surface area contributed by atoms with Crippen molar-refractivity contribution in [1.29, 1.82) is 0 Å². The molecule has 1 aliphatic carbocycles. The molecule has 1 heterocycles. The zero-order valence-electron chi connectivity index (χ0n) is 13.5. The molecule has 1 aromatic heterocycles. The van der Waals surface area contributed by atoms with Crippen LogP contribution in [0.15, 0.2) is 29.6 Å². The lowest BCUT2D eigenvalue weighted by atomic mass is 9.99. The van der Waals surface area contributed by atoms with E-state index >= 15 is 0 Å². The predicted molar refractivity (Wildman–Crippen MR) is 93.8 cm³/mol. The summed E-state index contributed by atoms with van der Waals surface area (Å²) in [6.07, 6.45) is 4.50. The molecule has 0 saturated heterocycles. The molecule has 0 unspecified atom stereocenters. The fourth-order valence-electron chi connectivity index (χ4n) is 3.10. The molecule has 4 nitrogen and oxygen atoms in total. The van der Waals surface area contributed by atoms with E-state index in [0.717, 1.165) is 34.9 Å². The van der Waals surface area contributed by atoms with Crippen molar-refractivity contribution in [2.24, 2.45) is 0 Å². The normalized spacial score (nSPS) is 16.6. The van der Waals surface area contributed by atoms with Crippen LogP contribution in [0.5, 0.6) is 5.75 Å². The molecule has 0 atom stereocenters. The largest absolute Gasteiger partial charge is 0.494 e. The number of nitrogens with one attached hydrogen (secondary N) is 1. The van der Waals surface area contributed by atoms with Gasteiger partial charge in [-0.15, -0.1) is 11.3 Å². The molecule has 5 heteroatoms. The maximum atomic E-state index is 9.66. The molecule has 2 aromatic rings. The molecule has 1 saturated carbocycles. The van der Waals surface area contributed by atoms with Crippen LogP contribution in [0.1, 0.15) is 38.3 Å². The molecule has 1 aliphatic rings. The third-order valence-corrected chi connectivity index (χ3v) is 5.41. The molecular formula is C18H24N2O2S. The highest BCUT2D eigenvalue weighted by atomic mass is 32.1. The number of ether oxygens (including phenoxy) is 1. The number of benzene rings is 1. The molecule has 1 fully saturated rings. The van der Waals surface area contributed by atoms with Gasteiger partial charge in [0.15, 0.2) is 0 Å². The molecule has 0 aliphatic heterocycles. The summed E-state index contributed by atoms with van der Waals surface area (Å²) in [5.41, 5.74) is 2.06. The third-order valence-electron chi connectivity index (χ3n) is 4.47. The Hall–Kier alpha value is -1.43. The molecule has 124 valence electrons. The smallest absolute Gasteiger partial charge is 0.123 e. The van der Waals surface area contributed by atoms with Gasteiger partial charge in [0.2, 0.25) is 0 Å². The topological polar surface area (TPSA) is 54.4 Å². The molecule has 0 radical (unpaired) electrons. The summed E-state index contributed by atoms with van der Waals surface area (Å²) < 4.78 is 5.47. The second kappa shape index (κ2) is 7.43. The van der Waals surface area contributed by atoms with Crippen molar-refractivity contribution >= 4 is 11.3 Å². The van der Waals surface area contributed by atoms with Crippen LogP contribution < -0.4 is 10.1 Å². The standard InChI is InChI=1S/C18H24N2O2S/c1-2-22-16-7-5-14(6-8-16)17-20-15(12-23-17)11-19-18(13-21)9-3-4-10-18/h5-8,12,19,21H,2-4,9-11,13H2,1H3. The average molecular weight is 332 g/mol. The minimum Gasteiger partial charge on any atom is -0.494 e. The van der Waals surface area contributed by atoms with E-state index in [1.165, 1.54) is 12.8 Å². The molecule has 0 bridgehead atoms. The summed E-state index contributed by atoms with van der Waals surface area (Å²) in [5, 5.41) is 16.3. The lowest BCUT2D eigenvalue weighted by molar-refractivity contribution is 0.162. The van der Waals surface area contributed by atoms with E-state index in [1.807, 2.05) is 31.2 Å². The number of aliphatic hydroxyl groups is 1. The Balaban J connectivity index is 1.63. The Labute approximate surface area is 141 Å². The number of aromatic nitrogens is 1. The highest BCUT2D eigenvalue weighted by molar-refractivity contribution is 7.13. The first kappa shape index (κ1) is 16.4. The van der Waals surface area contributed by atoms with E-state index in [0.29, 0.717) is 13.2 Å². The van der Waals surface area contributed by atoms with Crippen LogP contribution in [0.3, 0.4) is 0 Å². The minimum atomic E-state index is -0.0943. The predicted octanol–water partition coefficient (Wildman–Crippen LogP) is 3.60. The molecule has 0 spiro atoms. The maximum absolute atomic E-state index is 9.66. The van der Waals surface area contributed by atoms with Crippen molar-refractivity contribution in [2.45, 2.75) is 44.7 Å². The second-order valence-corrected chi connectivity index (χ2v) is 6.96. The summed E-state index contributed by atoms with van der Waals surface area (Å²) in [4.78, 5) is 4.72. The molecule has 0 amide bonds. The van der Waals surface area contributed by atoms with E-state index in [9.17, 15) is 5.11 Å². The SMILES string of the molecule is CCOc1ccc(-c2nc(CNC3(CO)CCCC3)cs2)cc1. The monoisotopic (exact) mass is 332 g/mol. The van der Waals surface area contributed by atoms with Gasteiger partial charge in [0, 0.05) is 23.0 Å². The average Bonchev–Trinajstić information content (AvgIpc) is 3.24. The number of thiazole rings is 1. The van der Waals surface area contributed by atoms with Crippen molar-refractivity contribution in [1.82, 2.24) is 10.3 Å². The Morgan fingerprint density at radius 2 is 2.00 bits per heavy atom. The summed E-state index contributed by atoms with van der Waals surface area (Å²) in [6.45, 7) is 3.59. The van der Waals surface area contributed by atoms with Gasteiger partial charge < -0.3 is 15.2 Å². The number of aliphatic hydroxyl groups excluding tert-OH is 1. The quantitative estimate of drug-likeness (QED) is 0.813. The van der Waals surface area contributed by atoms with Crippen molar-refractivity contribution in [2.75, 3.05) is 13.2 Å². The second-order valence-electron chi connectivity index (χ2n) is 6.10. The highest BCUT2D eigenvalue weighted by Gasteiger charge is 2.32. The zero-order valence-corrected chi connectivity index (χ0v) is 14.4. The van der Waals surface area contributed by atoms with Crippen molar-refractivity contribution in [3.8, 4) is 16.3 Å². The van der Waals surface area contributed by atoms with Gasteiger partial charge in [-0.3, -0.25) is 0 Å². The maximum Gasteiger partial charge on any atom is 0.123 e. The van der Waals surface area contributed by atoms with Gasteiger partial charge in [0.05, 0.1) is 18.9 Å².